The molecule has 1 saturated carbocycles. The van der Waals surface area contributed by atoms with Crippen molar-refractivity contribution in [3.8, 4) is 6.07 Å². The quantitative estimate of drug-likeness (QED) is 0.698. The Hall–Kier alpha value is -3.41. The number of nitrogens with zero attached hydrogens (tertiary/aromatic N) is 5. The first-order chi connectivity index (χ1) is 14.2. The van der Waals surface area contributed by atoms with Crippen molar-refractivity contribution in [2.24, 2.45) is 0 Å². The molecule has 2 aromatic rings. The van der Waals surface area contributed by atoms with Gasteiger partial charge in [-0.1, -0.05) is 17.3 Å². The van der Waals surface area contributed by atoms with Crippen LogP contribution >= 0.6 is 0 Å². The fourth-order valence-electron chi connectivity index (χ4n) is 3.40. The molecule has 0 radical (unpaired) electrons. The molecule has 1 aromatic carbocycles. The van der Waals surface area contributed by atoms with Crippen molar-refractivity contribution in [2.75, 3.05) is 11.4 Å². The Balaban J connectivity index is 1.39. The number of esters is 1. The number of cyclic esters (lactones) is 1. The van der Waals surface area contributed by atoms with E-state index in [9.17, 15) is 14.9 Å². The maximum absolute atomic E-state index is 12.3. The van der Waals surface area contributed by atoms with Crippen molar-refractivity contribution < 1.29 is 19.1 Å². The number of ether oxygens (including phenoxy) is 2. The molecule has 0 unspecified atom stereocenters. The number of aromatic nitrogens is 3. The van der Waals surface area contributed by atoms with Gasteiger partial charge >= 0.3 is 12.1 Å². The van der Waals surface area contributed by atoms with Crippen LogP contribution in [0.25, 0.3) is 0 Å². The fraction of sp³-hybridized carbons (Fsp3) is 0.476. The second-order valence-corrected chi connectivity index (χ2v) is 8.68. The summed E-state index contributed by atoms with van der Waals surface area (Å²) in [6, 6.07) is 9.85. The highest BCUT2D eigenvalue weighted by Crippen LogP contribution is 2.47. The molecule has 9 heteroatoms. The lowest BCUT2D eigenvalue weighted by atomic mass is 9.97. The van der Waals surface area contributed by atoms with E-state index in [0.29, 0.717) is 12.2 Å². The SMILES string of the molecule is CC(C)(C)OC(=O)c1cn(C[C@H]2CN(c3ccc(C4(C#N)CC4)cc3)C(=O)O2)nn1. The van der Waals surface area contributed by atoms with Gasteiger partial charge in [0.1, 0.15) is 11.7 Å². The summed E-state index contributed by atoms with van der Waals surface area (Å²) in [5.74, 6) is -0.551. The van der Waals surface area contributed by atoms with Crippen molar-refractivity contribution in [1.82, 2.24) is 15.0 Å². The molecule has 1 aromatic heterocycles. The summed E-state index contributed by atoms with van der Waals surface area (Å²) in [4.78, 5) is 25.9. The van der Waals surface area contributed by atoms with Crippen LogP contribution in [0, 0.1) is 11.3 Å². The van der Waals surface area contributed by atoms with E-state index in [1.165, 1.54) is 10.9 Å². The molecule has 0 N–H and O–H groups in total. The van der Waals surface area contributed by atoms with Gasteiger partial charge < -0.3 is 9.47 Å². The average Bonchev–Trinajstić information content (AvgIpc) is 3.20. The second kappa shape index (κ2) is 7.13. The molecule has 0 spiro atoms. The number of carbonyl (C=O) groups is 2. The minimum Gasteiger partial charge on any atom is -0.455 e. The van der Waals surface area contributed by atoms with Crippen LogP contribution in [0.1, 0.15) is 49.7 Å². The maximum atomic E-state index is 12.3. The van der Waals surface area contributed by atoms with Gasteiger partial charge in [-0.05, 0) is 51.3 Å². The number of rotatable bonds is 5. The summed E-state index contributed by atoms with van der Waals surface area (Å²) in [6.45, 7) is 5.95. The number of anilines is 1. The van der Waals surface area contributed by atoms with Crippen molar-refractivity contribution in [3.63, 3.8) is 0 Å². The van der Waals surface area contributed by atoms with Gasteiger partial charge in [0, 0.05) is 5.69 Å². The molecular formula is C21H23N5O4. The van der Waals surface area contributed by atoms with E-state index >= 15 is 0 Å². The van der Waals surface area contributed by atoms with E-state index in [-0.39, 0.29) is 17.7 Å². The monoisotopic (exact) mass is 409 g/mol. The molecule has 4 rings (SSSR count). The number of amides is 1. The Morgan fingerprint density at radius 1 is 1.33 bits per heavy atom. The highest BCUT2D eigenvalue weighted by molar-refractivity contribution is 5.89. The summed E-state index contributed by atoms with van der Waals surface area (Å²) < 4.78 is 12.2. The molecule has 1 aliphatic heterocycles. The first-order valence-electron chi connectivity index (χ1n) is 9.83. The van der Waals surface area contributed by atoms with E-state index < -0.39 is 23.8 Å². The Kier molecular flexibility index (Phi) is 4.73. The molecule has 0 bridgehead atoms. The normalized spacial score (nSPS) is 19.9. The number of nitriles is 1. The van der Waals surface area contributed by atoms with Gasteiger partial charge in [-0.25, -0.2) is 14.3 Å². The lowest BCUT2D eigenvalue weighted by Crippen LogP contribution is -2.26. The van der Waals surface area contributed by atoms with Gasteiger partial charge in [0.25, 0.3) is 0 Å². The predicted molar refractivity (Wildman–Crippen MR) is 106 cm³/mol. The average molecular weight is 409 g/mol. The number of benzene rings is 1. The van der Waals surface area contributed by atoms with Crippen LogP contribution in [0.2, 0.25) is 0 Å². The molecule has 1 atom stereocenters. The third-order valence-corrected chi connectivity index (χ3v) is 5.11. The van der Waals surface area contributed by atoms with Crippen LogP contribution < -0.4 is 4.90 Å². The Labute approximate surface area is 174 Å². The summed E-state index contributed by atoms with van der Waals surface area (Å²) in [6.07, 6.45) is 2.36. The molecule has 1 saturated heterocycles. The lowest BCUT2D eigenvalue weighted by Gasteiger charge is -2.18. The zero-order chi connectivity index (χ0) is 21.5. The molecule has 2 heterocycles. The van der Waals surface area contributed by atoms with E-state index in [2.05, 4.69) is 16.4 Å². The first kappa shape index (κ1) is 19.9. The van der Waals surface area contributed by atoms with Crippen LogP contribution in [0.5, 0.6) is 0 Å². The zero-order valence-corrected chi connectivity index (χ0v) is 17.2. The number of hydrogen-bond acceptors (Lipinski definition) is 7. The molecule has 1 aliphatic carbocycles. The van der Waals surface area contributed by atoms with Crippen molar-refractivity contribution >= 4 is 17.7 Å². The maximum Gasteiger partial charge on any atom is 0.414 e. The minimum absolute atomic E-state index is 0.105. The van der Waals surface area contributed by atoms with Crippen LogP contribution in [-0.2, 0) is 21.4 Å². The summed E-state index contributed by atoms with van der Waals surface area (Å²) >= 11 is 0. The summed E-state index contributed by atoms with van der Waals surface area (Å²) in [5.41, 5.74) is 0.826. The molecular weight excluding hydrogens is 386 g/mol. The van der Waals surface area contributed by atoms with Crippen LogP contribution in [0.4, 0.5) is 10.5 Å². The van der Waals surface area contributed by atoms with Crippen LogP contribution in [0.15, 0.2) is 30.5 Å². The van der Waals surface area contributed by atoms with Gasteiger partial charge in [-0.2, -0.15) is 5.26 Å². The van der Waals surface area contributed by atoms with E-state index in [0.717, 1.165) is 18.4 Å². The molecule has 2 aliphatic rings. The summed E-state index contributed by atoms with van der Waals surface area (Å²) in [7, 11) is 0. The summed E-state index contributed by atoms with van der Waals surface area (Å²) in [5, 5.41) is 17.1. The number of carbonyl (C=O) groups excluding carboxylic acids is 2. The van der Waals surface area contributed by atoms with Crippen molar-refractivity contribution in [1.29, 1.82) is 5.26 Å². The molecule has 2 fully saturated rings. The van der Waals surface area contributed by atoms with Gasteiger partial charge in [-0.3, -0.25) is 4.90 Å². The standard InChI is InChI=1S/C21H23N5O4/c1-20(2,3)30-18(27)17-12-25(24-23-17)10-16-11-26(19(28)29-16)15-6-4-14(5-7-15)21(13-22)8-9-21/h4-7,12,16H,8-11H2,1-3H3/t16-/m0/s1. The Bertz CT molecular complexity index is 1010. The first-order valence-corrected chi connectivity index (χ1v) is 9.83. The lowest BCUT2D eigenvalue weighted by molar-refractivity contribution is 0.00625. The third kappa shape index (κ3) is 3.99. The Morgan fingerprint density at radius 3 is 2.63 bits per heavy atom. The molecule has 1 amide bonds. The third-order valence-electron chi connectivity index (χ3n) is 5.11. The smallest absolute Gasteiger partial charge is 0.414 e. The van der Waals surface area contributed by atoms with Gasteiger partial charge in [-0.15, -0.1) is 5.10 Å². The van der Waals surface area contributed by atoms with E-state index in [4.69, 9.17) is 9.47 Å². The van der Waals surface area contributed by atoms with E-state index in [1.807, 2.05) is 24.3 Å². The van der Waals surface area contributed by atoms with Crippen molar-refractivity contribution in [3.05, 3.63) is 41.7 Å². The highest BCUT2D eigenvalue weighted by atomic mass is 16.6. The van der Waals surface area contributed by atoms with Crippen LogP contribution in [0.3, 0.4) is 0 Å². The second-order valence-electron chi connectivity index (χ2n) is 8.68. The molecule has 30 heavy (non-hydrogen) atoms. The number of hydrogen-bond donors (Lipinski definition) is 0. The Morgan fingerprint density at radius 2 is 2.03 bits per heavy atom. The van der Waals surface area contributed by atoms with E-state index in [1.54, 1.807) is 25.7 Å². The minimum atomic E-state index is -0.621. The predicted octanol–water partition coefficient (Wildman–Crippen LogP) is 2.81. The zero-order valence-electron chi connectivity index (χ0n) is 17.2. The topological polar surface area (TPSA) is 110 Å². The molecule has 9 nitrogen and oxygen atoms in total. The van der Waals surface area contributed by atoms with Crippen molar-refractivity contribution in [2.45, 2.75) is 57.3 Å². The van der Waals surface area contributed by atoms with Crippen LogP contribution in [-0.4, -0.2) is 45.3 Å². The van der Waals surface area contributed by atoms with Gasteiger partial charge in [0.15, 0.2) is 5.69 Å². The largest absolute Gasteiger partial charge is 0.455 e. The fourth-order valence-corrected chi connectivity index (χ4v) is 3.40. The molecule has 156 valence electrons. The van der Waals surface area contributed by atoms with Gasteiger partial charge in [0.2, 0.25) is 0 Å². The highest BCUT2D eigenvalue weighted by Gasteiger charge is 2.45. The van der Waals surface area contributed by atoms with Gasteiger partial charge in [0.05, 0.1) is 30.8 Å².